The molecule has 2 aromatic rings. The van der Waals surface area contributed by atoms with Gasteiger partial charge in [0, 0.05) is 13.1 Å². The predicted molar refractivity (Wildman–Crippen MR) is 77.4 cm³/mol. The zero-order chi connectivity index (χ0) is 15.0. The van der Waals surface area contributed by atoms with Crippen LogP contribution < -0.4 is 5.76 Å². The van der Waals surface area contributed by atoms with E-state index in [0.717, 1.165) is 31.8 Å². The minimum absolute atomic E-state index is 0.121. The Hall–Kier alpha value is -2.08. The SMILES string of the molecule is CC1CCN(Cn2c(=O)oc3cc(C(=O)O)ccc32)CC1. The summed E-state index contributed by atoms with van der Waals surface area (Å²) in [6, 6.07) is 4.53. The number of aromatic carboxylic acids is 1. The normalized spacial score (nSPS) is 17.4. The second-order valence-corrected chi connectivity index (χ2v) is 5.73. The molecule has 0 amide bonds. The maximum atomic E-state index is 12.0. The molecule has 1 aromatic heterocycles. The first-order chi connectivity index (χ1) is 10.0. The van der Waals surface area contributed by atoms with Crippen LogP contribution in [-0.4, -0.2) is 33.6 Å². The topological polar surface area (TPSA) is 75.7 Å². The fraction of sp³-hybridized carbons (Fsp3) is 0.467. The lowest BCUT2D eigenvalue weighted by Gasteiger charge is -2.29. The summed E-state index contributed by atoms with van der Waals surface area (Å²) in [7, 11) is 0. The molecule has 1 fully saturated rings. The van der Waals surface area contributed by atoms with Crippen molar-refractivity contribution >= 4 is 17.1 Å². The van der Waals surface area contributed by atoms with Crippen LogP contribution >= 0.6 is 0 Å². The number of aromatic nitrogens is 1. The van der Waals surface area contributed by atoms with E-state index in [2.05, 4.69) is 11.8 Å². The third-order valence-electron chi connectivity index (χ3n) is 4.13. The highest BCUT2D eigenvalue weighted by Crippen LogP contribution is 2.19. The van der Waals surface area contributed by atoms with Crippen molar-refractivity contribution in [2.45, 2.75) is 26.4 Å². The van der Waals surface area contributed by atoms with E-state index >= 15 is 0 Å². The van der Waals surface area contributed by atoms with Gasteiger partial charge in [0.15, 0.2) is 5.58 Å². The highest BCUT2D eigenvalue weighted by molar-refractivity contribution is 5.91. The van der Waals surface area contributed by atoms with Crippen molar-refractivity contribution in [2.75, 3.05) is 13.1 Å². The second-order valence-electron chi connectivity index (χ2n) is 5.73. The molecule has 1 N–H and O–H groups in total. The van der Waals surface area contributed by atoms with Crippen molar-refractivity contribution in [3.63, 3.8) is 0 Å². The van der Waals surface area contributed by atoms with Gasteiger partial charge in [-0.25, -0.2) is 9.59 Å². The Labute approximate surface area is 121 Å². The quantitative estimate of drug-likeness (QED) is 0.935. The van der Waals surface area contributed by atoms with Crippen molar-refractivity contribution < 1.29 is 14.3 Å². The van der Waals surface area contributed by atoms with Crippen molar-refractivity contribution in [3.8, 4) is 0 Å². The summed E-state index contributed by atoms with van der Waals surface area (Å²) >= 11 is 0. The van der Waals surface area contributed by atoms with Crippen molar-refractivity contribution in [2.24, 2.45) is 5.92 Å². The minimum Gasteiger partial charge on any atom is -0.478 e. The number of carboxylic acid groups (broad SMARTS) is 1. The fourth-order valence-corrected chi connectivity index (χ4v) is 2.74. The van der Waals surface area contributed by atoms with Gasteiger partial charge in [-0.15, -0.1) is 0 Å². The van der Waals surface area contributed by atoms with Gasteiger partial charge in [-0.05, 0) is 37.0 Å². The Morgan fingerprint density at radius 3 is 2.76 bits per heavy atom. The first-order valence-electron chi connectivity index (χ1n) is 7.13. The van der Waals surface area contributed by atoms with Crippen LogP contribution in [0.25, 0.3) is 11.1 Å². The van der Waals surface area contributed by atoms with Gasteiger partial charge in [-0.2, -0.15) is 0 Å². The summed E-state index contributed by atoms with van der Waals surface area (Å²) in [5, 5.41) is 8.97. The molecule has 0 saturated carbocycles. The smallest absolute Gasteiger partial charge is 0.421 e. The lowest BCUT2D eigenvalue weighted by molar-refractivity contribution is 0.0697. The van der Waals surface area contributed by atoms with Crippen molar-refractivity contribution in [1.29, 1.82) is 0 Å². The van der Waals surface area contributed by atoms with Gasteiger partial charge >= 0.3 is 11.7 Å². The molecule has 6 heteroatoms. The van der Waals surface area contributed by atoms with Gasteiger partial charge in [-0.3, -0.25) is 9.47 Å². The Morgan fingerprint density at radius 2 is 2.10 bits per heavy atom. The average Bonchev–Trinajstić information content (AvgIpc) is 2.76. The zero-order valence-corrected chi connectivity index (χ0v) is 11.9. The molecule has 1 aromatic carbocycles. The number of piperidine rings is 1. The molecule has 21 heavy (non-hydrogen) atoms. The van der Waals surface area contributed by atoms with E-state index in [1.807, 2.05) is 0 Å². The largest absolute Gasteiger partial charge is 0.478 e. The number of likely N-dealkylation sites (tertiary alicyclic amines) is 1. The summed E-state index contributed by atoms with van der Waals surface area (Å²) in [4.78, 5) is 25.2. The van der Waals surface area contributed by atoms with E-state index in [4.69, 9.17) is 9.52 Å². The molecule has 112 valence electrons. The third-order valence-corrected chi connectivity index (χ3v) is 4.13. The summed E-state index contributed by atoms with van der Waals surface area (Å²) in [5.41, 5.74) is 1.09. The maximum Gasteiger partial charge on any atom is 0.421 e. The van der Waals surface area contributed by atoms with Crippen LogP contribution in [-0.2, 0) is 6.67 Å². The van der Waals surface area contributed by atoms with E-state index in [1.165, 1.54) is 12.1 Å². The predicted octanol–water partition coefficient (Wildman–Crippen LogP) is 1.98. The summed E-state index contributed by atoms with van der Waals surface area (Å²) in [5.74, 6) is -0.735. The van der Waals surface area contributed by atoms with Gasteiger partial charge in [0.2, 0.25) is 0 Å². The van der Waals surface area contributed by atoms with Crippen LogP contribution in [0.4, 0.5) is 0 Å². The van der Waals surface area contributed by atoms with Gasteiger partial charge < -0.3 is 9.52 Å². The Balaban J connectivity index is 1.90. The molecule has 0 radical (unpaired) electrons. The van der Waals surface area contributed by atoms with Gasteiger partial charge in [-0.1, -0.05) is 6.92 Å². The molecule has 0 spiro atoms. The molecular formula is C15H18N2O4. The molecular weight excluding hydrogens is 272 g/mol. The van der Waals surface area contributed by atoms with Crippen LogP contribution in [0.2, 0.25) is 0 Å². The Kier molecular flexibility index (Phi) is 3.55. The molecule has 3 rings (SSSR count). The molecule has 0 atom stereocenters. The molecule has 0 unspecified atom stereocenters. The molecule has 0 bridgehead atoms. The monoisotopic (exact) mass is 290 g/mol. The molecule has 1 saturated heterocycles. The summed E-state index contributed by atoms with van der Waals surface area (Å²) in [6.45, 7) is 4.66. The number of rotatable bonds is 3. The number of carbonyl (C=O) groups is 1. The molecule has 0 aliphatic carbocycles. The Morgan fingerprint density at radius 1 is 1.38 bits per heavy atom. The number of hydrogen-bond donors (Lipinski definition) is 1. The van der Waals surface area contributed by atoms with E-state index in [1.54, 1.807) is 10.6 Å². The average molecular weight is 290 g/mol. The molecule has 1 aliphatic heterocycles. The maximum absolute atomic E-state index is 12.0. The highest BCUT2D eigenvalue weighted by Gasteiger charge is 2.19. The number of oxazole rings is 1. The van der Waals surface area contributed by atoms with Gasteiger partial charge in [0.05, 0.1) is 17.7 Å². The lowest BCUT2D eigenvalue weighted by atomic mass is 10.00. The van der Waals surface area contributed by atoms with Crippen LogP contribution in [0.15, 0.2) is 27.4 Å². The summed E-state index contributed by atoms with van der Waals surface area (Å²) < 4.78 is 6.74. The number of fused-ring (bicyclic) bond motifs is 1. The van der Waals surface area contributed by atoms with E-state index in [0.29, 0.717) is 17.8 Å². The number of nitrogens with zero attached hydrogens (tertiary/aromatic N) is 2. The minimum atomic E-state index is -1.03. The highest BCUT2D eigenvalue weighted by atomic mass is 16.4. The first-order valence-corrected chi connectivity index (χ1v) is 7.13. The second kappa shape index (κ2) is 5.37. The summed E-state index contributed by atoms with van der Waals surface area (Å²) in [6.07, 6.45) is 2.27. The Bertz CT molecular complexity index is 723. The van der Waals surface area contributed by atoms with Crippen LogP contribution in [0.3, 0.4) is 0 Å². The van der Waals surface area contributed by atoms with Crippen LogP contribution in [0.1, 0.15) is 30.1 Å². The first kappa shape index (κ1) is 13.9. The van der Waals surface area contributed by atoms with Crippen molar-refractivity contribution in [1.82, 2.24) is 9.47 Å². The van der Waals surface area contributed by atoms with Crippen molar-refractivity contribution in [3.05, 3.63) is 34.3 Å². The number of carboxylic acids is 1. The number of benzene rings is 1. The van der Waals surface area contributed by atoms with Gasteiger partial charge in [0.25, 0.3) is 0 Å². The standard InChI is InChI=1S/C15H18N2O4/c1-10-4-6-16(7-5-10)9-17-12-3-2-11(14(18)19)8-13(12)21-15(17)20/h2-3,8,10H,4-7,9H2,1H3,(H,18,19). The molecule has 1 aliphatic rings. The van der Waals surface area contributed by atoms with E-state index in [9.17, 15) is 9.59 Å². The molecule has 2 heterocycles. The van der Waals surface area contributed by atoms with Gasteiger partial charge in [0.1, 0.15) is 0 Å². The number of hydrogen-bond acceptors (Lipinski definition) is 4. The molecule has 6 nitrogen and oxygen atoms in total. The van der Waals surface area contributed by atoms with Crippen LogP contribution in [0, 0.1) is 5.92 Å². The van der Waals surface area contributed by atoms with E-state index < -0.39 is 11.7 Å². The van der Waals surface area contributed by atoms with Crippen LogP contribution in [0.5, 0.6) is 0 Å². The fourth-order valence-electron chi connectivity index (χ4n) is 2.74. The van der Waals surface area contributed by atoms with E-state index in [-0.39, 0.29) is 5.56 Å². The third kappa shape index (κ3) is 2.71. The lowest BCUT2D eigenvalue weighted by Crippen LogP contribution is -2.36. The zero-order valence-electron chi connectivity index (χ0n) is 11.9.